The lowest BCUT2D eigenvalue weighted by Crippen LogP contribution is -2.44. The van der Waals surface area contributed by atoms with Crippen LogP contribution in [0, 0.1) is 17.2 Å². The topological polar surface area (TPSA) is 48.3 Å². The number of rotatable bonds is 5. The molecule has 0 radical (unpaired) electrons. The molecule has 0 bridgehead atoms. The third kappa shape index (κ3) is 6.26. The minimum absolute atomic E-state index is 0.0209. The van der Waals surface area contributed by atoms with Crippen molar-refractivity contribution in [1.82, 2.24) is 10.2 Å². The number of hydrogen-bond acceptors (Lipinski definition) is 3. The van der Waals surface area contributed by atoms with E-state index in [0.717, 1.165) is 0 Å². The summed E-state index contributed by atoms with van der Waals surface area (Å²) in [5, 5.41) is 12.5. The van der Waals surface area contributed by atoms with Crippen molar-refractivity contribution in [3.8, 4) is 6.07 Å². The average Bonchev–Trinajstić information content (AvgIpc) is 2.17. The second-order valence-electron chi connectivity index (χ2n) is 3.72. The van der Waals surface area contributed by atoms with Crippen molar-refractivity contribution in [2.45, 2.75) is 19.9 Å². The Labute approximate surface area is 97.2 Å². The third-order valence-electron chi connectivity index (χ3n) is 1.90. The highest BCUT2D eigenvalue weighted by Crippen LogP contribution is 1.97. The van der Waals surface area contributed by atoms with Crippen molar-refractivity contribution in [1.29, 1.82) is 5.26 Å². The zero-order chi connectivity index (χ0) is 11.8. The molecule has 4 nitrogen and oxygen atoms in total. The quantitative estimate of drug-likeness (QED) is 0.712. The highest BCUT2D eigenvalue weighted by molar-refractivity contribution is 7.80. The Hall–Kier alpha value is -0.860. The van der Waals surface area contributed by atoms with Crippen molar-refractivity contribution in [2.24, 2.45) is 5.92 Å². The molecule has 0 amide bonds. The molecular formula is C10H19N3OS. The molecule has 0 aliphatic carbocycles. The number of thiocarbonyl (C=S) groups is 1. The van der Waals surface area contributed by atoms with Gasteiger partial charge in [0.1, 0.15) is 0 Å². The number of nitrogens with zero attached hydrogens (tertiary/aromatic N) is 2. The molecule has 2 unspecified atom stereocenters. The molecule has 0 aliphatic heterocycles. The fourth-order valence-corrected chi connectivity index (χ4v) is 1.42. The number of ether oxygens (including phenoxy) is 1. The SMILES string of the molecule is COCC(C)NC(=S)N(C)CC(C)C#N. The van der Waals surface area contributed by atoms with Crippen LogP contribution in [0.4, 0.5) is 0 Å². The van der Waals surface area contributed by atoms with E-state index in [1.807, 2.05) is 25.8 Å². The molecule has 0 saturated heterocycles. The van der Waals surface area contributed by atoms with Crippen LogP contribution in [0.15, 0.2) is 0 Å². The number of methoxy groups -OCH3 is 1. The summed E-state index contributed by atoms with van der Waals surface area (Å²) >= 11 is 5.18. The molecule has 0 aliphatic rings. The second-order valence-corrected chi connectivity index (χ2v) is 4.10. The summed E-state index contributed by atoms with van der Waals surface area (Å²) in [6.45, 7) is 5.12. The van der Waals surface area contributed by atoms with Crippen molar-refractivity contribution < 1.29 is 4.74 Å². The molecular weight excluding hydrogens is 210 g/mol. The first-order valence-corrected chi connectivity index (χ1v) is 5.32. The van der Waals surface area contributed by atoms with Gasteiger partial charge >= 0.3 is 0 Å². The van der Waals surface area contributed by atoms with Gasteiger partial charge in [-0.05, 0) is 26.1 Å². The fourth-order valence-electron chi connectivity index (χ4n) is 1.15. The molecule has 15 heavy (non-hydrogen) atoms. The molecule has 0 rings (SSSR count). The molecule has 0 spiro atoms. The Morgan fingerprint density at radius 1 is 1.60 bits per heavy atom. The molecule has 5 heteroatoms. The molecule has 0 aromatic heterocycles. The van der Waals surface area contributed by atoms with E-state index >= 15 is 0 Å². The summed E-state index contributed by atoms with van der Waals surface area (Å²) in [5.74, 6) is -0.0209. The van der Waals surface area contributed by atoms with E-state index in [2.05, 4.69) is 11.4 Å². The van der Waals surface area contributed by atoms with Crippen molar-refractivity contribution in [2.75, 3.05) is 27.3 Å². The predicted molar refractivity (Wildman–Crippen MR) is 64.5 cm³/mol. The van der Waals surface area contributed by atoms with Gasteiger partial charge in [0, 0.05) is 26.7 Å². The summed E-state index contributed by atoms with van der Waals surface area (Å²) in [6, 6.07) is 2.36. The normalized spacial score (nSPS) is 13.8. The van der Waals surface area contributed by atoms with Crippen LogP contribution in [-0.2, 0) is 4.74 Å². The maximum atomic E-state index is 8.67. The van der Waals surface area contributed by atoms with Crippen LogP contribution >= 0.6 is 12.2 Å². The number of nitrogens with one attached hydrogen (secondary N) is 1. The smallest absolute Gasteiger partial charge is 0.168 e. The predicted octanol–water partition coefficient (Wildman–Crippen LogP) is 0.987. The van der Waals surface area contributed by atoms with Crippen molar-refractivity contribution in [3.05, 3.63) is 0 Å². The first-order valence-electron chi connectivity index (χ1n) is 4.91. The second kappa shape index (κ2) is 7.43. The highest BCUT2D eigenvalue weighted by Gasteiger charge is 2.10. The van der Waals surface area contributed by atoms with Crippen LogP contribution in [0.3, 0.4) is 0 Å². The molecule has 2 atom stereocenters. The summed E-state index contributed by atoms with van der Waals surface area (Å²) in [4.78, 5) is 1.87. The largest absolute Gasteiger partial charge is 0.383 e. The van der Waals surface area contributed by atoms with Crippen LogP contribution in [0.1, 0.15) is 13.8 Å². The van der Waals surface area contributed by atoms with E-state index in [-0.39, 0.29) is 12.0 Å². The van der Waals surface area contributed by atoms with Crippen LogP contribution in [0.5, 0.6) is 0 Å². The lowest BCUT2D eigenvalue weighted by atomic mass is 10.2. The van der Waals surface area contributed by atoms with Crippen molar-refractivity contribution >= 4 is 17.3 Å². The van der Waals surface area contributed by atoms with Gasteiger partial charge in [-0.15, -0.1) is 0 Å². The van der Waals surface area contributed by atoms with Gasteiger partial charge in [-0.1, -0.05) is 0 Å². The highest BCUT2D eigenvalue weighted by atomic mass is 32.1. The monoisotopic (exact) mass is 229 g/mol. The molecule has 0 aromatic rings. The maximum Gasteiger partial charge on any atom is 0.168 e. The Kier molecular flexibility index (Phi) is 7.01. The van der Waals surface area contributed by atoms with E-state index in [1.54, 1.807) is 7.11 Å². The van der Waals surface area contributed by atoms with Crippen LogP contribution in [0.25, 0.3) is 0 Å². The van der Waals surface area contributed by atoms with Crippen molar-refractivity contribution in [3.63, 3.8) is 0 Å². The van der Waals surface area contributed by atoms with E-state index in [4.69, 9.17) is 22.2 Å². The van der Waals surface area contributed by atoms with E-state index in [9.17, 15) is 0 Å². The molecule has 0 saturated carbocycles. The van der Waals surface area contributed by atoms with E-state index < -0.39 is 0 Å². The molecule has 86 valence electrons. The van der Waals surface area contributed by atoms with E-state index in [0.29, 0.717) is 18.3 Å². The number of hydrogen-bond donors (Lipinski definition) is 1. The van der Waals surface area contributed by atoms with Crippen LogP contribution < -0.4 is 5.32 Å². The van der Waals surface area contributed by atoms with Gasteiger partial charge in [0.25, 0.3) is 0 Å². The Bertz CT molecular complexity index is 239. The number of nitriles is 1. The Morgan fingerprint density at radius 2 is 2.20 bits per heavy atom. The van der Waals surface area contributed by atoms with Gasteiger partial charge < -0.3 is 15.0 Å². The van der Waals surface area contributed by atoms with Gasteiger partial charge in [0.2, 0.25) is 0 Å². The zero-order valence-corrected chi connectivity index (χ0v) is 10.6. The fraction of sp³-hybridized carbons (Fsp3) is 0.800. The lowest BCUT2D eigenvalue weighted by molar-refractivity contribution is 0.178. The van der Waals surface area contributed by atoms with Gasteiger partial charge in [0.15, 0.2) is 5.11 Å². The lowest BCUT2D eigenvalue weighted by Gasteiger charge is -2.24. The minimum Gasteiger partial charge on any atom is -0.383 e. The Morgan fingerprint density at radius 3 is 2.67 bits per heavy atom. The van der Waals surface area contributed by atoms with Gasteiger partial charge in [-0.2, -0.15) is 5.26 Å². The molecule has 0 aromatic carbocycles. The van der Waals surface area contributed by atoms with Gasteiger partial charge in [0.05, 0.1) is 18.6 Å². The minimum atomic E-state index is -0.0209. The summed E-state index contributed by atoms with van der Waals surface area (Å²) in [6.07, 6.45) is 0. The van der Waals surface area contributed by atoms with Crippen LogP contribution in [-0.4, -0.2) is 43.4 Å². The Balaban J connectivity index is 3.94. The molecule has 0 fully saturated rings. The maximum absolute atomic E-state index is 8.67. The van der Waals surface area contributed by atoms with E-state index in [1.165, 1.54) is 0 Å². The zero-order valence-electron chi connectivity index (χ0n) is 9.78. The summed E-state index contributed by atoms with van der Waals surface area (Å²) < 4.78 is 4.99. The summed E-state index contributed by atoms with van der Waals surface area (Å²) in [7, 11) is 3.53. The first-order chi connectivity index (χ1) is 7.01. The van der Waals surface area contributed by atoms with Gasteiger partial charge in [-0.3, -0.25) is 0 Å². The standard InChI is InChI=1S/C10H19N3OS/c1-8(5-11)6-13(3)10(15)12-9(2)7-14-4/h8-9H,6-7H2,1-4H3,(H,12,15). The van der Waals surface area contributed by atoms with Gasteiger partial charge in [-0.25, -0.2) is 0 Å². The first kappa shape index (κ1) is 14.1. The molecule has 1 N–H and O–H groups in total. The third-order valence-corrected chi connectivity index (χ3v) is 2.33. The average molecular weight is 229 g/mol. The summed E-state index contributed by atoms with van der Waals surface area (Å²) in [5.41, 5.74) is 0. The molecule has 0 heterocycles. The van der Waals surface area contributed by atoms with Crippen LogP contribution in [0.2, 0.25) is 0 Å².